The Morgan fingerprint density at radius 1 is 1.07 bits per heavy atom. The Morgan fingerprint density at radius 3 is 2.59 bits per heavy atom. The van der Waals surface area contributed by atoms with Crippen molar-refractivity contribution in [3.63, 3.8) is 0 Å². The van der Waals surface area contributed by atoms with Crippen molar-refractivity contribution in [1.29, 1.82) is 0 Å². The first kappa shape index (κ1) is 18.8. The largest absolute Gasteiger partial charge is 0.497 e. The number of benzene rings is 2. The molecule has 7 nitrogen and oxygen atoms in total. The van der Waals surface area contributed by atoms with Crippen molar-refractivity contribution < 1.29 is 33.3 Å². The highest BCUT2D eigenvalue weighted by Gasteiger charge is 2.21. The van der Waals surface area contributed by atoms with Gasteiger partial charge in [-0.25, -0.2) is 4.79 Å². The Morgan fingerprint density at radius 2 is 1.85 bits per heavy atom. The topological polar surface area (TPSA) is 80.3 Å². The maximum Gasteiger partial charge on any atom is 0.338 e. The highest BCUT2D eigenvalue weighted by atomic mass is 35.5. The molecule has 0 unspecified atom stereocenters. The van der Waals surface area contributed by atoms with Crippen LogP contribution in [-0.4, -0.2) is 45.8 Å². The van der Waals surface area contributed by atoms with E-state index in [1.807, 2.05) is 0 Å². The van der Waals surface area contributed by atoms with E-state index in [-0.39, 0.29) is 16.1 Å². The molecule has 0 atom stereocenters. The number of carbonyl (C=O) groups excluding carboxylic acids is 2. The minimum atomic E-state index is -0.705. The summed E-state index contributed by atoms with van der Waals surface area (Å²) in [5, 5.41) is 0.236. The van der Waals surface area contributed by atoms with Crippen molar-refractivity contribution in [1.82, 2.24) is 0 Å². The van der Waals surface area contributed by atoms with Crippen LogP contribution in [0.2, 0.25) is 5.02 Å². The minimum Gasteiger partial charge on any atom is -0.497 e. The molecule has 3 rings (SSSR count). The third-order valence-electron chi connectivity index (χ3n) is 3.87. The van der Waals surface area contributed by atoms with Crippen molar-refractivity contribution in [2.45, 2.75) is 0 Å². The molecule has 2 aromatic carbocycles. The van der Waals surface area contributed by atoms with Crippen LogP contribution in [0, 0.1) is 0 Å². The predicted octanol–water partition coefficient (Wildman–Crippen LogP) is 3.17. The number of hydrogen-bond acceptors (Lipinski definition) is 7. The monoisotopic (exact) mass is 392 g/mol. The molecule has 0 aliphatic carbocycles. The highest BCUT2D eigenvalue weighted by molar-refractivity contribution is 6.32. The second-order valence-corrected chi connectivity index (χ2v) is 5.95. The molecule has 0 N–H and O–H groups in total. The Hall–Kier alpha value is -2.93. The maximum atomic E-state index is 12.4. The molecule has 1 aliphatic rings. The van der Waals surface area contributed by atoms with E-state index in [1.54, 1.807) is 12.1 Å². The van der Waals surface area contributed by atoms with Crippen LogP contribution in [0.3, 0.4) is 0 Å². The Kier molecular flexibility index (Phi) is 5.71. The molecule has 0 radical (unpaired) electrons. The van der Waals surface area contributed by atoms with Crippen LogP contribution < -0.4 is 18.9 Å². The summed E-state index contributed by atoms with van der Waals surface area (Å²) in [6.07, 6.45) is 0. The van der Waals surface area contributed by atoms with Crippen LogP contribution in [0.4, 0.5) is 0 Å². The molecule has 1 aliphatic heterocycles. The number of esters is 1. The molecule has 0 amide bonds. The molecule has 0 saturated carbocycles. The van der Waals surface area contributed by atoms with Crippen LogP contribution >= 0.6 is 11.6 Å². The normalized spacial score (nSPS) is 12.3. The van der Waals surface area contributed by atoms with Crippen molar-refractivity contribution in [2.75, 3.05) is 34.0 Å². The van der Waals surface area contributed by atoms with Gasteiger partial charge in [-0.3, -0.25) is 4.79 Å². The van der Waals surface area contributed by atoms with Crippen LogP contribution in [0.1, 0.15) is 20.7 Å². The summed E-state index contributed by atoms with van der Waals surface area (Å²) in [5.41, 5.74) is 0.416. The van der Waals surface area contributed by atoms with Gasteiger partial charge in [-0.2, -0.15) is 0 Å². The van der Waals surface area contributed by atoms with E-state index in [1.165, 1.54) is 32.4 Å². The number of methoxy groups -OCH3 is 2. The van der Waals surface area contributed by atoms with Crippen LogP contribution in [-0.2, 0) is 4.74 Å². The Bertz CT molecular complexity index is 879. The van der Waals surface area contributed by atoms with Crippen molar-refractivity contribution in [3.05, 3.63) is 46.5 Å². The van der Waals surface area contributed by atoms with Crippen molar-refractivity contribution in [3.8, 4) is 23.0 Å². The summed E-state index contributed by atoms with van der Waals surface area (Å²) < 4.78 is 26.2. The number of carbonyl (C=O) groups is 2. The fraction of sp³-hybridized carbons (Fsp3) is 0.263. The molecule has 1 heterocycles. The van der Waals surface area contributed by atoms with E-state index in [2.05, 4.69) is 0 Å². The molecule has 27 heavy (non-hydrogen) atoms. The van der Waals surface area contributed by atoms with E-state index >= 15 is 0 Å². The van der Waals surface area contributed by atoms with Crippen molar-refractivity contribution >= 4 is 23.4 Å². The smallest absolute Gasteiger partial charge is 0.338 e. The van der Waals surface area contributed by atoms with E-state index < -0.39 is 18.4 Å². The summed E-state index contributed by atoms with van der Waals surface area (Å²) >= 11 is 6.11. The van der Waals surface area contributed by atoms with Crippen LogP contribution in [0.5, 0.6) is 23.0 Å². The standard InChI is InChI=1S/C19H17ClO7/c1-23-12-3-4-16(24-2)13(9-12)15(21)10-27-19(22)11-7-14(20)18-17(8-11)25-5-6-26-18/h3-4,7-9H,5-6,10H2,1-2H3. The fourth-order valence-electron chi connectivity index (χ4n) is 2.55. The number of rotatable bonds is 6. The van der Waals surface area contributed by atoms with Crippen LogP contribution in [0.25, 0.3) is 0 Å². The van der Waals surface area contributed by atoms with Gasteiger partial charge in [-0.05, 0) is 30.3 Å². The molecule has 0 spiro atoms. The molecular weight excluding hydrogens is 376 g/mol. The average Bonchev–Trinajstić information content (AvgIpc) is 2.71. The zero-order chi connectivity index (χ0) is 19.4. The van der Waals surface area contributed by atoms with Crippen molar-refractivity contribution in [2.24, 2.45) is 0 Å². The number of Topliss-reactive ketones (excluding diaryl/α,β-unsaturated/α-hetero) is 1. The summed E-state index contributed by atoms with van der Waals surface area (Å²) in [6, 6.07) is 7.68. The first-order valence-electron chi connectivity index (χ1n) is 8.05. The molecule has 0 aromatic heterocycles. The van der Waals surface area contributed by atoms with E-state index in [9.17, 15) is 9.59 Å². The van der Waals surface area contributed by atoms with Gasteiger partial charge in [0.25, 0.3) is 0 Å². The van der Waals surface area contributed by atoms with E-state index in [4.69, 9.17) is 35.3 Å². The van der Waals surface area contributed by atoms with Crippen LogP contribution in [0.15, 0.2) is 30.3 Å². The van der Waals surface area contributed by atoms with Gasteiger partial charge in [0.05, 0.1) is 30.4 Å². The summed E-state index contributed by atoms with van der Waals surface area (Å²) in [7, 11) is 2.93. The zero-order valence-electron chi connectivity index (χ0n) is 14.7. The molecule has 142 valence electrons. The highest BCUT2D eigenvalue weighted by Crippen LogP contribution is 2.38. The second kappa shape index (κ2) is 8.18. The number of hydrogen-bond donors (Lipinski definition) is 0. The Balaban J connectivity index is 1.72. The van der Waals surface area contributed by atoms with Gasteiger partial charge in [-0.1, -0.05) is 11.6 Å². The molecule has 2 aromatic rings. The minimum absolute atomic E-state index is 0.162. The molecule has 0 bridgehead atoms. The lowest BCUT2D eigenvalue weighted by Gasteiger charge is -2.20. The third-order valence-corrected chi connectivity index (χ3v) is 4.15. The lowest BCUT2D eigenvalue weighted by Crippen LogP contribution is -2.18. The third kappa shape index (κ3) is 4.09. The lowest BCUT2D eigenvalue weighted by atomic mass is 10.1. The Labute approximate surface area is 160 Å². The van der Waals surface area contributed by atoms with Gasteiger partial charge in [0.2, 0.25) is 5.78 Å². The van der Waals surface area contributed by atoms with Gasteiger partial charge in [0.1, 0.15) is 24.7 Å². The second-order valence-electron chi connectivity index (χ2n) is 5.55. The first-order chi connectivity index (χ1) is 13.0. The quantitative estimate of drug-likeness (QED) is 0.551. The van der Waals surface area contributed by atoms with Gasteiger partial charge in [0.15, 0.2) is 18.1 Å². The predicted molar refractivity (Wildman–Crippen MR) is 96.6 cm³/mol. The van der Waals surface area contributed by atoms with Gasteiger partial charge in [0, 0.05) is 0 Å². The van der Waals surface area contributed by atoms with E-state index in [0.717, 1.165) is 0 Å². The number of halogens is 1. The number of ether oxygens (including phenoxy) is 5. The average molecular weight is 393 g/mol. The maximum absolute atomic E-state index is 12.4. The number of ketones is 1. The van der Waals surface area contributed by atoms with Gasteiger partial charge >= 0.3 is 5.97 Å². The summed E-state index contributed by atoms with van der Waals surface area (Å²) in [6.45, 7) is 0.276. The first-order valence-corrected chi connectivity index (χ1v) is 8.42. The SMILES string of the molecule is COc1ccc(OC)c(C(=O)COC(=O)c2cc(Cl)c3c(c2)OCCO3)c1. The molecule has 8 heteroatoms. The molecular formula is C19H17ClO7. The van der Waals surface area contributed by atoms with Gasteiger partial charge in [-0.15, -0.1) is 0 Å². The van der Waals surface area contributed by atoms with E-state index in [0.29, 0.717) is 36.2 Å². The number of fused-ring (bicyclic) bond motifs is 1. The summed E-state index contributed by atoms with van der Waals surface area (Å²) in [4.78, 5) is 24.8. The fourth-order valence-corrected chi connectivity index (χ4v) is 2.82. The molecule has 0 saturated heterocycles. The summed E-state index contributed by atoms with van der Waals surface area (Å²) in [5.74, 6) is 0.466. The molecule has 0 fully saturated rings. The van der Waals surface area contributed by atoms with Gasteiger partial charge < -0.3 is 23.7 Å². The lowest BCUT2D eigenvalue weighted by molar-refractivity contribution is 0.0473. The zero-order valence-corrected chi connectivity index (χ0v) is 15.5.